The number of fused-ring (bicyclic) bond motifs is 1. The molecule has 0 amide bonds. The number of hydrogen-bond donors (Lipinski definition) is 0. The van der Waals surface area contributed by atoms with Gasteiger partial charge in [-0.2, -0.15) is 0 Å². The molecule has 1 nitrogen and oxygen atoms in total. The van der Waals surface area contributed by atoms with Gasteiger partial charge in [-0.15, -0.1) is 0 Å². The third kappa shape index (κ3) is 3.80. The molecule has 1 heteroatoms. The lowest BCUT2D eigenvalue weighted by molar-refractivity contribution is -0.132. The number of nitrogens with zero attached hydrogens (tertiary/aromatic N) is 1. The molecule has 5 atom stereocenters. The van der Waals surface area contributed by atoms with Crippen LogP contribution in [0, 0.1) is 29.6 Å². The van der Waals surface area contributed by atoms with Gasteiger partial charge in [-0.3, -0.25) is 4.90 Å². The monoisotopic (exact) mass is 321 g/mol. The van der Waals surface area contributed by atoms with Crippen LogP contribution in [-0.2, 0) is 0 Å². The molecule has 5 unspecified atom stereocenters. The van der Waals surface area contributed by atoms with Crippen molar-refractivity contribution in [3.63, 3.8) is 0 Å². The number of hydrogen-bond acceptors (Lipinski definition) is 1. The zero-order chi connectivity index (χ0) is 17.2. The lowest BCUT2D eigenvalue weighted by atomic mass is 9.56. The van der Waals surface area contributed by atoms with Crippen LogP contribution in [0.4, 0.5) is 0 Å². The van der Waals surface area contributed by atoms with Crippen molar-refractivity contribution in [2.24, 2.45) is 29.6 Å². The van der Waals surface area contributed by atoms with Gasteiger partial charge in [0.15, 0.2) is 0 Å². The molecule has 0 radical (unpaired) electrons. The molecule has 0 N–H and O–H groups in total. The van der Waals surface area contributed by atoms with Crippen molar-refractivity contribution in [2.75, 3.05) is 6.54 Å². The Hall–Kier alpha value is -0.0400. The number of likely N-dealkylation sites (tertiary alicyclic amines) is 1. The van der Waals surface area contributed by atoms with Crippen LogP contribution in [0.1, 0.15) is 93.4 Å². The highest BCUT2D eigenvalue weighted by molar-refractivity contribution is 5.07. The Bertz CT molecular complexity index is 361. The summed E-state index contributed by atoms with van der Waals surface area (Å²) in [5.41, 5.74) is 0.398. The van der Waals surface area contributed by atoms with Gasteiger partial charge < -0.3 is 0 Å². The van der Waals surface area contributed by atoms with Crippen molar-refractivity contribution in [1.29, 1.82) is 0 Å². The minimum Gasteiger partial charge on any atom is -0.294 e. The molecule has 136 valence electrons. The molecule has 2 aliphatic rings. The molecule has 1 saturated carbocycles. The minimum absolute atomic E-state index is 0.398. The molecule has 1 aliphatic carbocycles. The highest BCUT2D eigenvalue weighted by atomic mass is 15.2. The van der Waals surface area contributed by atoms with Gasteiger partial charge in [0.25, 0.3) is 0 Å². The van der Waals surface area contributed by atoms with E-state index in [9.17, 15) is 0 Å². The van der Waals surface area contributed by atoms with Crippen LogP contribution in [0.3, 0.4) is 0 Å². The van der Waals surface area contributed by atoms with Crippen LogP contribution in [-0.4, -0.2) is 23.0 Å². The normalized spacial score (nSPS) is 39.0. The molecule has 0 aromatic heterocycles. The van der Waals surface area contributed by atoms with Crippen LogP contribution >= 0.6 is 0 Å². The molecular formula is C22H43N. The summed E-state index contributed by atoms with van der Waals surface area (Å²) >= 11 is 0. The van der Waals surface area contributed by atoms with Gasteiger partial charge in [0, 0.05) is 11.6 Å². The van der Waals surface area contributed by atoms with E-state index in [2.05, 4.69) is 53.4 Å². The summed E-state index contributed by atoms with van der Waals surface area (Å²) < 4.78 is 0. The molecule has 1 heterocycles. The summed E-state index contributed by atoms with van der Waals surface area (Å²) in [5, 5.41) is 0. The molecule has 2 rings (SSSR count). The van der Waals surface area contributed by atoms with Crippen molar-refractivity contribution in [3.05, 3.63) is 0 Å². The van der Waals surface area contributed by atoms with Crippen LogP contribution < -0.4 is 0 Å². The van der Waals surface area contributed by atoms with Gasteiger partial charge in [-0.05, 0) is 68.7 Å². The fourth-order valence-electron chi connectivity index (χ4n) is 6.70. The summed E-state index contributed by atoms with van der Waals surface area (Å²) in [4.78, 5) is 3.03. The van der Waals surface area contributed by atoms with Crippen LogP contribution in [0.15, 0.2) is 0 Å². The first kappa shape index (κ1) is 19.3. The van der Waals surface area contributed by atoms with E-state index in [1.54, 1.807) is 0 Å². The number of piperidine rings is 1. The Morgan fingerprint density at radius 1 is 1.09 bits per heavy atom. The number of rotatable bonds is 6. The van der Waals surface area contributed by atoms with Crippen molar-refractivity contribution >= 4 is 0 Å². The molecule has 0 spiro atoms. The molecular weight excluding hydrogens is 278 g/mol. The summed E-state index contributed by atoms with van der Waals surface area (Å²) in [6.45, 7) is 18.7. The van der Waals surface area contributed by atoms with Gasteiger partial charge in [0.2, 0.25) is 0 Å². The fraction of sp³-hybridized carbons (Fsp3) is 1.00. The quantitative estimate of drug-likeness (QED) is 0.549. The number of unbranched alkanes of at least 4 members (excludes halogenated alkanes) is 1. The summed E-state index contributed by atoms with van der Waals surface area (Å²) in [7, 11) is 0. The molecule has 0 aromatic carbocycles. The maximum Gasteiger partial charge on any atom is 0.0220 e. The molecule has 0 aromatic rings. The Morgan fingerprint density at radius 3 is 2.30 bits per heavy atom. The summed E-state index contributed by atoms with van der Waals surface area (Å²) in [6, 6.07) is 0.865. The van der Waals surface area contributed by atoms with Crippen LogP contribution in [0.25, 0.3) is 0 Å². The molecule has 2 fully saturated rings. The van der Waals surface area contributed by atoms with Crippen LogP contribution in [0.5, 0.6) is 0 Å². The maximum absolute atomic E-state index is 3.03. The Labute approximate surface area is 146 Å². The standard InChI is InChI=1S/C22H43N/c1-8-9-14-23-20-13-11-10-12-19(20)18(6)21(17(4)5)22(23,7)15-16(2)3/h16-21H,8-15H2,1-7H3. The minimum atomic E-state index is 0.398. The second-order valence-electron chi connectivity index (χ2n) is 9.65. The predicted molar refractivity (Wildman–Crippen MR) is 103 cm³/mol. The van der Waals surface area contributed by atoms with E-state index in [1.807, 2.05) is 0 Å². The molecule has 1 saturated heterocycles. The van der Waals surface area contributed by atoms with Gasteiger partial charge in [-0.25, -0.2) is 0 Å². The first-order valence-corrected chi connectivity index (χ1v) is 10.6. The van der Waals surface area contributed by atoms with E-state index in [4.69, 9.17) is 0 Å². The first-order chi connectivity index (χ1) is 10.8. The van der Waals surface area contributed by atoms with Gasteiger partial charge in [0.05, 0.1) is 0 Å². The second kappa shape index (κ2) is 7.89. The highest BCUT2D eigenvalue weighted by Gasteiger charge is 2.54. The van der Waals surface area contributed by atoms with Gasteiger partial charge in [0.1, 0.15) is 0 Å². The Morgan fingerprint density at radius 2 is 1.74 bits per heavy atom. The molecule has 0 bridgehead atoms. The lowest BCUT2D eigenvalue weighted by Gasteiger charge is -2.63. The van der Waals surface area contributed by atoms with Crippen molar-refractivity contribution in [2.45, 2.75) is 105 Å². The maximum atomic E-state index is 3.03. The van der Waals surface area contributed by atoms with Crippen molar-refractivity contribution < 1.29 is 0 Å². The third-order valence-corrected chi connectivity index (χ3v) is 7.09. The predicted octanol–water partition coefficient (Wildman–Crippen LogP) is 6.37. The topological polar surface area (TPSA) is 3.24 Å². The third-order valence-electron chi connectivity index (χ3n) is 7.09. The molecule has 1 aliphatic heterocycles. The van der Waals surface area contributed by atoms with E-state index in [1.165, 1.54) is 51.5 Å². The average molecular weight is 322 g/mol. The van der Waals surface area contributed by atoms with E-state index in [0.717, 1.165) is 35.6 Å². The second-order valence-corrected chi connectivity index (χ2v) is 9.65. The Kier molecular flexibility index (Phi) is 6.62. The smallest absolute Gasteiger partial charge is 0.0220 e. The summed E-state index contributed by atoms with van der Waals surface area (Å²) in [6.07, 6.45) is 9.93. The fourth-order valence-corrected chi connectivity index (χ4v) is 6.70. The average Bonchev–Trinajstić information content (AvgIpc) is 2.45. The van der Waals surface area contributed by atoms with Crippen LogP contribution in [0.2, 0.25) is 0 Å². The highest BCUT2D eigenvalue weighted by Crippen LogP contribution is 2.53. The Balaban J connectivity index is 2.40. The SMILES string of the molecule is CCCCN1C2CCCCC2C(C)C(C(C)C)C1(C)CC(C)C. The van der Waals surface area contributed by atoms with E-state index < -0.39 is 0 Å². The summed E-state index contributed by atoms with van der Waals surface area (Å²) in [5.74, 6) is 4.27. The van der Waals surface area contributed by atoms with E-state index in [-0.39, 0.29) is 0 Å². The zero-order valence-corrected chi connectivity index (χ0v) is 17.1. The first-order valence-electron chi connectivity index (χ1n) is 10.6. The van der Waals surface area contributed by atoms with E-state index >= 15 is 0 Å². The zero-order valence-electron chi connectivity index (χ0n) is 17.1. The molecule has 23 heavy (non-hydrogen) atoms. The van der Waals surface area contributed by atoms with Gasteiger partial charge in [-0.1, -0.05) is 60.8 Å². The van der Waals surface area contributed by atoms with Crippen molar-refractivity contribution in [1.82, 2.24) is 4.90 Å². The van der Waals surface area contributed by atoms with Crippen molar-refractivity contribution in [3.8, 4) is 0 Å². The largest absolute Gasteiger partial charge is 0.294 e. The van der Waals surface area contributed by atoms with E-state index in [0.29, 0.717) is 5.54 Å². The lowest BCUT2D eigenvalue weighted by Crippen LogP contribution is -2.67. The van der Waals surface area contributed by atoms with Gasteiger partial charge >= 0.3 is 0 Å².